The van der Waals surface area contributed by atoms with Crippen molar-refractivity contribution in [3.63, 3.8) is 0 Å². The fraction of sp³-hybridized carbons (Fsp3) is 0.471. The van der Waals surface area contributed by atoms with E-state index < -0.39 is 29.5 Å². The number of aromatic nitrogens is 3. The third kappa shape index (κ3) is 4.12. The third-order valence-electron chi connectivity index (χ3n) is 4.56. The van der Waals surface area contributed by atoms with Gasteiger partial charge in [-0.3, -0.25) is 4.57 Å². The predicted molar refractivity (Wildman–Crippen MR) is 85.3 cm³/mol. The standard InChI is InChI=1S/C17H16F6N4O/c1-9(4-10-6-12(19)13(20)7-11(10)18)5-15(28)26-2-3-27-14(8-26)24-25-16(27)17(21,22)23/h6-7,9H,2-5,8H2,1H3/p+1/t9-/m1/s1. The number of nitrogens with zero attached hydrogens (tertiary/aromatic N) is 4. The molecule has 0 bridgehead atoms. The number of rotatable bonds is 4. The van der Waals surface area contributed by atoms with Gasteiger partial charge in [-0.05, 0) is 24.0 Å². The van der Waals surface area contributed by atoms with Crippen molar-refractivity contribution in [1.82, 2.24) is 14.8 Å². The Bertz CT molecular complexity index is 921. The minimum atomic E-state index is -4.61. The van der Waals surface area contributed by atoms with Crippen LogP contribution in [0.1, 0.15) is 30.6 Å². The monoisotopic (exact) mass is 407 g/mol. The van der Waals surface area contributed by atoms with E-state index in [1.807, 2.05) is 0 Å². The van der Waals surface area contributed by atoms with E-state index in [1.54, 1.807) is 6.92 Å². The molecule has 28 heavy (non-hydrogen) atoms. The lowest BCUT2D eigenvalue weighted by molar-refractivity contribution is -0.561. The SMILES string of the molecule is C[C@@H](CC(O)=[N+]1CCn2c(nnc2C(F)(F)F)C1)Cc1cc(F)c(F)cc1F. The zero-order valence-electron chi connectivity index (χ0n) is 14.8. The molecule has 1 atom stereocenters. The largest absolute Gasteiger partial charge is 0.463 e. The van der Waals surface area contributed by atoms with E-state index in [0.29, 0.717) is 6.07 Å². The van der Waals surface area contributed by atoms with Gasteiger partial charge in [-0.2, -0.15) is 17.7 Å². The highest BCUT2D eigenvalue weighted by Crippen LogP contribution is 2.29. The second-order valence-corrected chi connectivity index (χ2v) is 6.80. The summed E-state index contributed by atoms with van der Waals surface area (Å²) in [6.45, 7) is 1.70. The molecule has 0 saturated carbocycles. The fourth-order valence-corrected chi connectivity index (χ4v) is 3.20. The normalized spacial score (nSPS) is 17.4. The Morgan fingerprint density at radius 3 is 2.54 bits per heavy atom. The third-order valence-corrected chi connectivity index (χ3v) is 4.56. The molecule has 1 aromatic carbocycles. The zero-order valence-corrected chi connectivity index (χ0v) is 14.8. The Hall–Kier alpha value is -2.59. The van der Waals surface area contributed by atoms with Gasteiger partial charge in [-0.25, -0.2) is 13.2 Å². The number of fused-ring (bicyclic) bond motifs is 1. The van der Waals surface area contributed by atoms with E-state index in [0.717, 1.165) is 10.6 Å². The van der Waals surface area contributed by atoms with Gasteiger partial charge in [0.2, 0.25) is 12.4 Å². The lowest BCUT2D eigenvalue weighted by atomic mass is 9.97. The molecule has 0 aliphatic carbocycles. The molecule has 0 saturated heterocycles. The summed E-state index contributed by atoms with van der Waals surface area (Å²) >= 11 is 0. The average Bonchev–Trinajstić information content (AvgIpc) is 3.03. The molecular weight excluding hydrogens is 390 g/mol. The van der Waals surface area contributed by atoms with Gasteiger partial charge >= 0.3 is 12.1 Å². The predicted octanol–water partition coefficient (Wildman–Crippen LogP) is 3.47. The van der Waals surface area contributed by atoms with Crippen molar-refractivity contribution in [2.45, 2.75) is 39.0 Å². The van der Waals surface area contributed by atoms with Crippen LogP contribution < -0.4 is 0 Å². The molecule has 1 aliphatic rings. The summed E-state index contributed by atoms with van der Waals surface area (Å²) < 4.78 is 81.0. The Kier molecular flexibility index (Phi) is 5.35. The Morgan fingerprint density at radius 1 is 1.18 bits per heavy atom. The van der Waals surface area contributed by atoms with Crippen LogP contribution in [-0.2, 0) is 25.7 Å². The van der Waals surface area contributed by atoms with Crippen molar-refractivity contribution in [2.24, 2.45) is 5.92 Å². The molecule has 0 spiro atoms. The minimum Gasteiger partial charge on any atom is -0.463 e. The number of hydrogen-bond donors (Lipinski definition) is 1. The molecule has 2 aromatic rings. The summed E-state index contributed by atoms with van der Waals surface area (Å²) in [7, 11) is 0. The van der Waals surface area contributed by atoms with Crippen molar-refractivity contribution < 1.29 is 36.0 Å². The van der Waals surface area contributed by atoms with Gasteiger partial charge in [0.15, 0.2) is 24.0 Å². The van der Waals surface area contributed by atoms with Crippen molar-refractivity contribution in [1.29, 1.82) is 0 Å². The van der Waals surface area contributed by atoms with Gasteiger partial charge in [-0.1, -0.05) is 6.92 Å². The van der Waals surface area contributed by atoms with Crippen LogP contribution in [0.25, 0.3) is 0 Å². The first-order valence-corrected chi connectivity index (χ1v) is 8.48. The van der Waals surface area contributed by atoms with Gasteiger partial charge < -0.3 is 5.11 Å². The van der Waals surface area contributed by atoms with E-state index in [2.05, 4.69) is 10.2 Å². The molecule has 3 rings (SSSR count). The van der Waals surface area contributed by atoms with Crippen LogP contribution >= 0.6 is 0 Å². The van der Waals surface area contributed by atoms with E-state index in [9.17, 15) is 31.4 Å². The van der Waals surface area contributed by atoms with Crippen molar-refractivity contribution >= 4 is 5.90 Å². The molecule has 0 radical (unpaired) electrons. The summed E-state index contributed by atoms with van der Waals surface area (Å²) in [4.78, 5) is 0. The smallest absolute Gasteiger partial charge is 0.451 e. The average molecular weight is 407 g/mol. The quantitative estimate of drug-likeness (QED) is 0.366. The highest BCUT2D eigenvalue weighted by atomic mass is 19.4. The van der Waals surface area contributed by atoms with E-state index >= 15 is 0 Å². The molecule has 0 unspecified atom stereocenters. The van der Waals surface area contributed by atoms with Crippen molar-refractivity contribution in [3.05, 3.63) is 46.8 Å². The molecule has 1 aliphatic heterocycles. The fourth-order valence-electron chi connectivity index (χ4n) is 3.20. The maximum absolute atomic E-state index is 13.8. The van der Waals surface area contributed by atoms with E-state index in [-0.39, 0.29) is 55.7 Å². The van der Waals surface area contributed by atoms with Crippen molar-refractivity contribution in [2.75, 3.05) is 6.54 Å². The van der Waals surface area contributed by atoms with Gasteiger partial charge in [0.25, 0.3) is 0 Å². The Balaban J connectivity index is 1.70. The molecule has 0 fully saturated rings. The first-order chi connectivity index (χ1) is 13.1. The number of alkyl halides is 3. The molecule has 1 N–H and O–H groups in total. The van der Waals surface area contributed by atoms with Crippen LogP contribution in [0, 0.1) is 23.4 Å². The summed E-state index contributed by atoms with van der Waals surface area (Å²) in [5, 5.41) is 17.0. The molecule has 5 nitrogen and oxygen atoms in total. The second kappa shape index (κ2) is 7.44. The first kappa shape index (κ1) is 20.2. The summed E-state index contributed by atoms with van der Waals surface area (Å²) in [6.07, 6.45) is -4.48. The summed E-state index contributed by atoms with van der Waals surface area (Å²) in [5.74, 6) is -4.75. The van der Waals surface area contributed by atoms with Gasteiger partial charge in [0, 0.05) is 6.07 Å². The highest BCUT2D eigenvalue weighted by Gasteiger charge is 2.40. The molecule has 1 aromatic heterocycles. The van der Waals surface area contributed by atoms with Crippen LogP contribution in [0.5, 0.6) is 0 Å². The maximum atomic E-state index is 13.8. The van der Waals surface area contributed by atoms with Gasteiger partial charge in [0.1, 0.15) is 5.82 Å². The number of benzene rings is 1. The lowest BCUT2D eigenvalue weighted by Gasteiger charge is -2.17. The number of aliphatic hydroxyl groups is 1. The van der Waals surface area contributed by atoms with Gasteiger partial charge in [0.05, 0.1) is 13.0 Å². The van der Waals surface area contributed by atoms with Crippen LogP contribution in [0.2, 0.25) is 0 Å². The molecule has 152 valence electrons. The van der Waals surface area contributed by atoms with E-state index in [4.69, 9.17) is 0 Å². The van der Waals surface area contributed by atoms with E-state index in [1.165, 1.54) is 4.58 Å². The maximum Gasteiger partial charge on any atom is 0.451 e. The first-order valence-electron chi connectivity index (χ1n) is 8.48. The molecule has 2 heterocycles. The molecule has 11 heteroatoms. The zero-order chi connectivity index (χ0) is 20.6. The van der Waals surface area contributed by atoms with Crippen LogP contribution in [0.15, 0.2) is 12.1 Å². The summed E-state index contributed by atoms with van der Waals surface area (Å²) in [6, 6.07) is 1.25. The topological polar surface area (TPSA) is 54.0 Å². The molecule has 0 amide bonds. The Labute approximate surface area is 155 Å². The second-order valence-electron chi connectivity index (χ2n) is 6.80. The Morgan fingerprint density at radius 2 is 1.86 bits per heavy atom. The van der Waals surface area contributed by atoms with Crippen LogP contribution in [0.4, 0.5) is 26.3 Å². The lowest BCUT2D eigenvalue weighted by Crippen LogP contribution is -2.33. The number of aliphatic hydroxyl groups excluding tert-OH is 1. The van der Waals surface area contributed by atoms with Crippen LogP contribution in [-0.4, -0.2) is 36.9 Å². The van der Waals surface area contributed by atoms with Gasteiger partial charge in [-0.15, -0.1) is 10.2 Å². The molecular formula is C17H17F6N4O+. The number of hydrogen-bond acceptors (Lipinski definition) is 2. The van der Waals surface area contributed by atoms with Crippen LogP contribution in [0.3, 0.4) is 0 Å². The minimum absolute atomic E-state index is 0.0209. The highest BCUT2D eigenvalue weighted by molar-refractivity contribution is 5.68. The van der Waals surface area contributed by atoms with Crippen molar-refractivity contribution in [3.8, 4) is 0 Å². The number of halogens is 6. The summed E-state index contributed by atoms with van der Waals surface area (Å²) in [5.41, 5.74) is -0.0209.